The summed E-state index contributed by atoms with van der Waals surface area (Å²) in [6.45, 7) is 1.74. The third kappa shape index (κ3) is 4.76. The van der Waals surface area contributed by atoms with Crippen molar-refractivity contribution in [1.29, 1.82) is 0 Å². The largest absolute Gasteiger partial charge is 0.322 e. The number of nitrogens with zero attached hydrogens (tertiary/aromatic N) is 4. The highest BCUT2D eigenvalue weighted by atomic mass is 35.5. The standard InChI is InChI=1S/C18H16ClF4N5O/c1-10-4-2-3-5-11(10)7-27-8-12(6-24-27)25-13(29)9-28-16(18(22)23)14(19)15(26-28)17(20)21/h2-6,8,17-18H,7,9H2,1H3,(H,25,29). The number of halogens is 5. The molecule has 0 aliphatic heterocycles. The monoisotopic (exact) mass is 429 g/mol. The number of nitrogens with one attached hydrogen (secondary N) is 1. The van der Waals surface area contributed by atoms with Gasteiger partial charge < -0.3 is 5.32 Å². The predicted molar refractivity (Wildman–Crippen MR) is 98.3 cm³/mol. The van der Waals surface area contributed by atoms with Crippen molar-refractivity contribution in [2.75, 3.05) is 5.32 Å². The van der Waals surface area contributed by atoms with Gasteiger partial charge in [0.25, 0.3) is 12.9 Å². The lowest BCUT2D eigenvalue weighted by molar-refractivity contribution is -0.117. The second-order valence-electron chi connectivity index (χ2n) is 6.24. The van der Waals surface area contributed by atoms with Crippen LogP contribution in [0.25, 0.3) is 0 Å². The molecule has 6 nitrogen and oxygen atoms in total. The van der Waals surface area contributed by atoms with Crippen LogP contribution >= 0.6 is 11.6 Å². The fourth-order valence-electron chi connectivity index (χ4n) is 2.75. The third-order valence-corrected chi connectivity index (χ3v) is 4.56. The number of aryl methyl sites for hydroxylation is 1. The number of hydrogen-bond donors (Lipinski definition) is 1. The van der Waals surface area contributed by atoms with Crippen molar-refractivity contribution < 1.29 is 22.4 Å². The van der Waals surface area contributed by atoms with Crippen molar-refractivity contribution in [3.8, 4) is 0 Å². The van der Waals surface area contributed by atoms with Gasteiger partial charge in [-0.15, -0.1) is 0 Å². The van der Waals surface area contributed by atoms with Gasteiger partial charge >= 0.3 is 0 Å². The Morgan fingerprint density at radius 1 is 1.21 bits per heavy atom. The minimum absolute atomic E-state index is 0.328. The van der Waals surface area contributed by atoms with Gasteiger partial charge in [-0.2, -0.15) is 10.2 Å². The summed E-state index contributed by atoms with van der Waals surface area (Å²) in [5.41, 5.74) is 0.543. The van der Waals surface area contributed by atoms with Gasteiger partial charge in [0.05, 0.1) is 23.5 Å². The Bertz CT molecular complexity index is 1020. The van der Waals surface area contributed by atoms with Gasteiger partial charge in [-0.05, 0) is 18.1 Å². The van der Waals surface area contributed by atoms with E-state index in [1.807, 2.05) is 31.2 Å². The SMILES string of the molecule is Cc1ccccc1Cn1cc(NC(=O)Cn2nc(C(F)F)c(Cl)c2C(F)F)cn1. The Morgan fingerprint density at radius 3 is 2.59 bits per heavy atom. The first-order chi connectivity index (χ1) is 13.8. The Hall–Kier alpha value is -2.88. The molecule has 0 aliphatic carbocycles. The van der Waals surface area contributed by atoms with E-state index in [-0.39, 0.29) is 0 Å². The van der Waals surface area contributed by atoms with Crippen LogP contribution in [0.1, 0.15) is 35.4 Å². The molecule has 2 heterocycles. The Morgan fingerprint density at radius 2 is 1.93 bits per heavy atom. The molecule has 3 aromatic rings. The quantitative estimate of drug-likeness (QED) is 0.558. The average molecular weight is 430 g/mol. The number of anilines is 1. The molecule has 154 valence electrons. The maximum atomic E-state index is 13.2. The number of alkyl halides is 4. The normalized spacial score (nSPS) is 11.4. The van der Waals surface area contributed by atoms with Crippen molar-refractivity contribution in [2.24, 2.45) is 0 Å². The first-order valence-electron chi connectivity index (χ1n) is 8.45. The number of aromatic nitrogens is 4. The average Bonchev–Trinajstić information content (AvgIpc) is 3.20. The molecule has 0 unspecified atom stereocenters. The van der Waals surface area contributed by atoms with E-state index in [0.29, 0.717) is 16.9 Å². The highest BCUT2D eigenvalue weighted by Gasteiger charge is 2.28. The second-order valence-corrected chi connectivity index (χ2v) is 6.62. The highest BCUT2D eigenvalue weighted by molar-refractivity contribution is 6.32. The van der Waals surface area contributed by atoms with Crippen LogP contribution in [0.3, 0.4) is 0 Å². The van der Waals surface area contributed by atoms with Gasteiger partial charge in [0.2, 0.25) is 5.91 Å². The lowest BCUT2D eigenvalue weighted by Gasteiger charge is -2.07. The Kier molecular flexibility index (Phi) is 6.21. The zero-order valence-electron chi connectivity index (χ0n) is 15.1. The van der Waals surface area contributed by atoms with Crippen LogP contribution in [0.2, 0.25) is 5.02 Å². The van der Waals surface area contributed by atoms with E-state index in [1.54, 1.807) is 10.9 Å². The van der Waals surface area contributed by atoms with Crippen LogP contribution in [0.5, 0.6) is 0 Å². The van der Waals surface area contributed by atoms with Gasteiger partial charge in [0.1, 0.15) is 17.9 Å². The van der Waals surface area contributed by atoms with Crippen LogP contribution in [0, 0.1) is 6.92 Å². The Labute approximate surface area is 168 Å². The van der Waals surface area contributed by atoms with E-state index >= 15 is 0 Å². The fourth-order valence-corrected chi connectivity index (χ4v) is 3.05. The van der Waals surface area contributed by atoms with Crippen LogP contribution in [-0.4, -0.2) is 25.5 Å². The first kappa shape index (κ1) is 20.8. The van der Waals surface area contributed by atoms with Gasteiger partial charge in [-0.3, -0.25) is 14.2 Å². The molecule has 0 radical (unpaired) electrons. The van der Waals surface area contributed by atoms with Crippen molar-refractivity contribution in [3.63, 3.8) is 0 Å². The van der Waals surface area contributed by atoms with Gasteiger partial charge in [-0.25, -0.2) is 17.6 Å². The van der Waals surface area contributed by atoms with Crippen LogP contribution in [0.4, 0.5) is 23.2 Å². The number of rotatable bonds is 7. The first-order valence-corrected chi connectivity index (χ1v) is 8.83. The molecule has 29 heavy (non-hydrogen) atoms. The summed E-state index contributed by atoms with van der Waals surface area (Å²) in [5, 5.41) is 9.13. The minimum atomic E-state index is -3.16. The number of carbonyl (C=O) groups excluding carboxylic acids is 1. The van der Waals surface area contributed by atoms with E-state index in [0.717, 1.165) is 11.1 Å². The number of amides is 1. The Balaban J connectivity index is 1.70. The minimum Gasteiger partial charge on any atom is -0.322 e. The molecule has 0 atom stereocenters. The fraction of sp³-hybridized carbons (Fsp3) is 0.278. The molecule has 1 amide bonds. The summed E-state index contributed by atoms with van der Waals surface area (Å²) in [4.78, 5) is 12.2. The highest BCUT2D eigenvalue weighted by Crippen LogP contribution is 2.34. The predicted octanol–water partition coefficient (Wildman–Crippen LogP) is 4.60. The zero-order valence-corrected chi connectivity index (χ0v) is 15.9. The molecular formula is C18H16ClF4N5O. The molecule has 0 bridgehead atoms. The molecule has 0 aliphatic rings. The summed E-state index contributed by atoms with van der Waals surface area (Å²) < 4.78 is 54.1. The molecule has 1 aromatic carbocycles. The van der Waals surface area contributed by atoms with Crippen molar-refractivity contribution in [2.45, 2.75) is 32.9 Å². The molecule has 2 aromatic heterocycles. The van der Waals surface area contributed by atoms with E-state index in [4.69, 9.17) is 11.6 Å². The molecule has 3 rings (SSSR count). The van der Waals surface area contributed by atoms with Crippen LogP contribution < -0.4 is 5.32 Å². The topological polar surface area (TPSA) is 64.7 Å². The molecule has 0 fully saturated rings. The van der Waals surface area contributed by atoms with Crippen molar-refractivity contribution in [3.05, 3.63) is 64.2 Å². The number of carbonyl (C=O) groups is 1. The van der Waals surface area contributed by atoms with Gasteiger partial charge in [0, 0.05) is 6.20 Å². The summed E-state index contributed by atoms with van der Waals surface area (Å²) in [7, 11) is 0. The van der Waals surface area contributed by atoms with E-state index in [9.17, 15) is 22.4 Å². The molecule has 0 saturated carbocycles. The van der Waals surface area contributed by atoms with Crippen LogP contribution in [-0.2, 0) is 17.9 Å². The molecule has 0 spiro atoms. The molecule has 11 heteroatoms. The van der Waals surface area contributed by atoms with E-state index in [2.05, 4.69) is 15.5 Å². The lowest BCUT2D eigenvalue weighted by atomic mass is 10.1. The zero-order chi connectivity index (χ0) is 21.1. The van der Waals surface area contributed by atoms with Crippen LogP contribution in [0.15, 0.2) is 36.7 Å². The maximum absolute atomic E-state index is 13.2. The maximum Gasteiger partial charge on any atom is 0.283 e. The summed E-state index contributed by atoms with van der Waals surface area (Å²) in [6, 6.07) is 7.73. The van der Waals surface area contributed by atoms with E-state index in [1.165, 1.54) is 6.20 Å². The molecule has 0 saturated heterocycles. The summed E-state index contributed by atoms with van der Waals surface area (Å²) >= 11 is 5.57. The number of hydrogen-bond acceptors (Lipinski definition) is 3. The van der Waals surface area contributed by atoms with E-state index < -0.39 is 41.7 Å². The second kappa shape index (κ2) is 8.64. The summed E-state index contributed by atoms with van der Waals surface area (Å²) in [6.07, 6.45) is -3.33. The van der Waals surface area contributed by atoms with Crippen molar-refractivity contribution >= 4 is 23.2 Å². The molecular weight excluding hydrogens is 414 g/mol. The van der Waals surface area contributed by atoms with Crippen molar-refractivity contribution in [1.82, 2.24) is 19.6 Å². The smallest absolute Gasteiger partial charge is 0.283 e. The summed E-state index contributed by atoms with van der Waals surface area (Å²) in [5.74, 6) is -0.734. The molecule has 1 N–H and O–H groups in total. The third-order valence-electron chi connectivity index (χ3n) is 4.17. The number of benzene rings is 1. The van der Waals surface area contributed by atoms with Gasteiger partial charge in [-0.1, -0.05) is 35.9 Å². The van der Waals surface area contributed by atoms with Gasteiger partial charge in [0.15, 0.2) is 0 Å². The lowest BCUT2D eigenvalue weighted by Crippen LogP contribution is -2.21.